The van der Waals surface area contributed by atoms with E-state index in [1.54, 1.807) is 18.4 Å². The predicted molar refractivity (Wildman–Crippen MR) is 99.5 cm³/mol. The fraction of sp³-hybridized carbons (Fsp3) is 0.118. The van der Waals surface area contributed by atoms with Crippen LogP contribution >= 0.6 is 22.7 Å². The second kappa shape index (κ2) is 6.18. The fourth-order valence-corrected chi connectivity index (χ4v) is 4.21. The van der Waals surface area contributed by atoms with Crippen LogP contribution in [0.5, 0.6) is 5.75 Å². The van der Waals surface area contributed by atoms with Gasteiger partial charge in [-0.1, -0.05) is 53.0 Å². The molecule has 0 aliphatic heterocycles. The monoisotopic (exact) mass is 354 g/mol. The van der Waals surface area contributed by atoms with Crippen LogP contribution in [0, 0.1) is 6.92 Å². The lowest BCUT2D eigenvalue weighted by atomic mass is 10.1. The average molecular weight is 354 g/mol. The Balaban J connectivity index is 1.64. The van der Waals surface area contributed by atoms with Gasteiger partial charge in [0.05, 0.1) is 11.8 Å². The van der Waals surface area contributed by atoms with Gasteiger partial charge in [-0.25, -0.2) is 4.98 Å². The summed E-state index contributed by atoms with van der Waals surface area (Å²) in [6.07, 6.45) is 0. The number of nitrogens with one attached hydrogen (secondary N) is 1. The molecule has 0 atom stereocenters. The molecule has 0 fully saturated rings. The maximum absolute atomic E-state index is 5.36. The van der Waals surface area contributed by atoms with E-state index in [1.165, 1.54) is 16.9 Å². The molecule has 2 aromatic heterocycles. The van der Waals surface area contributed by atoms with E-state index in [-0.39, 0.29) is 0 Å². The van der Waals surface area contributed by atoms with E-state index in [1.807, 2.05) is 30.3 Å². The number of hydrogen-bond acceptors (Lipinski definition) is 7. The quantitative estimate of drug-likeness (QED) is 0.566. The third-order valence-electron chi connectivity index (χ3n) is 3.62. The number of benzene rings is 2. The summed E-state index contributed by atoms with van der Waals surface area (Å²) in [6.45, 7) is 2.07. The number of methoxy groups -OCH3 is 1. The topological polar surface area (TPSA) is 59.9 Å². The minimum absolute atomic E-state index is 0.728. The second-order valence-corrected chi connectivity index (χ2v) is 7.19. The summed E-state index contributed by atoms with van der Waals surface area (Å²) in [6, 6.07) is 14.1. The zero-order valence-corrected chi connectivity index (χ0v) is 14.7. The van der Waals surface area contributed by atoms with Gasteiger partial charge < -0.3 is 10.1 Å². The Hall–Kier alpha value is -2.51. The molecule has 0 aliphatic rings. The number of rotatable bonds is 4. The third-order valence-corrected chi connectivity index (χ3v) is 5.42. The summed E-state index contributed by atoms with van der Waals surface area (Å²) in [5.74, 6) is 0.773. The van der Waals surface area contributed by atoms with Crippen LogP contribution in [0.1, 0.15) is 5.56 Å². The third kappa shape index (κ3) is 2.72. The van der Waals surface area contributed by atoms with Gasteiger partial charge in [0.15, 0.2) is 5.13 Å². The van der Waals surface area contributed by atoms with Crippen LogP contribution in [-0.2, 0) is 0 Å². The molecular weight excluding hydrogens is 340 g/mol. The van der Waals surface area contributed by atoms with Crippen LogP contribution in [0.3, 0.4) is 0 Å². The van der Waals surface area contributed by atoms with Gasteiger partial charge in [-0.3, -0.25) is 0 Å². The van der Waals surface area contributed by atoms with Crippen molar-refractivity contribution in [2.24, 2.45) is 0 Å². The highest BCUT2D eigenvalue weighted by Gasteiger charge is 2.12. The van der Waals surface area contributed by atoms with Gasteiger partial charge in [0, 0.05) is 5.56 Å². The van der Waals surface area contributed by atoms with Crippen molar-refractivity contribution in [3.8, 4) is 16.3 Å². The molecule has 2 aromatic carbocycles. The van der Waals surface area contributed by atoms with Gasteiger partial charge >= 0.3 is 0 Å². The molecule has 0 saturated carbocycles. The largest absolute Gasteiger partial charge is 0.494 e. The summed E-state index contributed by atoms with van der Waals surface area (Å²) < 4.78 is 6.43. The van der Waals surface area contributed by atoms with Gasteiger partial charge in [-0.05, 0) is 24.6 Å². The van der Waals surface area contributed by atoms with Crippen LogP contribution in [0.2, 0.25) is 0 Å². The number of aromatic nitrogens is 3. The average Bonchev–Trinajstić information content (AvgIpc) is 3.21. The Morgan fingerprint density at radius 3 is 2.67 bits per heavy atom. The van der Waals surface area contributed by atoms with Crippen molar-refractivity contribution in [2.45, 2.75) is 6.92 Å². The minimum atomic E-state index is 0.728. The molecule has 4 rings (SSSR count). The van der Waals surface area contributed by atoms with Gasteiger partial charge in [0.25, 0.3) is 0 Å². The van der Waals surface area contributed by atoms with Crippen LogP contribution in [0.25, 0.3) is 20.8 Å². The van der Waals surface area contributed by atoms with E-state index in [4.69, 9.17) is 4.74 Å². The highest BCUT2D eigenvalue weighted by atomic mass is 32.1. The number of thiazole rings is 1. The molecule has 0 saturated heterocycles. The zero-order chi connectivity index (χ0) is 16.5. The van der Waals surface area contributed by atoms with Crippen LogP contribution in [0.15, 0.2) is 42.5 Å². The summed E-state index contributed by atoms with van der Waals surface area (Å²) in [4.78, 5) is 4.60. The second-order valence-electron chi connectivity index (χ2n) is 5.18. The smallest absolute Gasteiger partial charge is 0.212 e. The molecular formula is C17H14N4OS2. The number of fused-ring (bicyclic) bond motifs is 1. The number of anilines is 2. The lowest BCUT2D eigenvalue weighted by Crippen LogP contribution is -1.88. The van der Waals surface area contributed by atoms with E-state index in [0.29, 0.717) is 0 Å². The van der Waals surface area contributed by atoms with Gasteiger partial charge in [-0.2, -0.15) is 0 Å². The van der Waals surface area contributed by atoms with E-state index >= 15 is 0 Å². The number of aryl methyl sites for hydroxylation is 1. The van der Waals surface area contributed by atoms with Crippen molar-refractivity contribution in [3.63, 3.8) is 0 Å². The van der Waals surface area contributed by atoms with Crippen molar-refractivity contribution >= 4 is 43.2 Å². The van der Waals surface area contributed by atoms with Gasteiger partial charge in [0.2, 0.25) is 5.13 Å². The molecule has 24 heavy (non-hydrogen) atoms. The summed E-state index contributed by atoms with van der Waals surface area (Å²) in [5, 5.41) is 14.2. The molecule has 0 bridgehead atoms. The Morgan fingerprint density at radius 2 is 1.83 bits per heavy atom. The maximum Gasteiger partial charge on any atom is 0.212 e. The van der Waals surface area contributed by atoms with Crippen molar-refractivity contribution in [1.82, 2.24) is 15.2 Å². The minimum Gasteiger partial charge on any atom is -0.494 e. The molecule has 120 valence electrons. The first-order chi connectivity index (χ1) is 11.7. The summed E-state index contributed by atoms with van der Waals surface area (Å²) in [5.41, 5.74) is 3.15. The highest BCUT2D eigenvalue weighted by Crippen LogP contribution is 2.35. The van der Waals surface area contributed by atoms with Crippen LogP contribution in [-0.4, -0.2) is 22.3 Å². The molecule has 0 unspecified atom stereocenters. The van der Waals surface area contributed by atoms with Crippen molar-refractivity contribution in [1.29, 1.82) is 0 Å². The molecule has 1 N–H and O–H groups in total. The lowest BCUT2D eigenvalue weighted by molar-refractivity contribution is 0.419. The zero-order valence-electron chi connectivity index (χ0n) is 13.1. The number of ether oxygens (including phenoxy) is 1. The molecule has 0 aliphatic carbocycles. The van der Waals surface area contributed by atoms with Gasteiger partial charge in [0.1, 0.15) is 16.3 Å². The lowest BCUT2D eigenvalue weighted by Gasteiger charge is -1.99. The first kappa shape index (κ1) is 15.0. The normalized spacial score (nSPS) is 10.9. The number of para-hydroxylation sites is 1. The van der Waals surface area contributed by atoms with Gasteiger partial charge in [-0.15, -0.1) is 10.2 Å². The van der Waals surface area contributed by atoms with Crippen molar-refractivity contribution < 1.29 is 4.74 Å². The predicted octanol–water partition coefficient (Wildman–Crippen LogP) is 4.88. The molecule has 7 heteroatoms. The van der Waals surface area contributed by atoms with Crippen molar-refractivity contribution in [2.75, 3.05) is 12.4 Å². The Bertz CT molecular complexity index is 1010. The molecule has 0 amide bonds. The highest BCUT2D eigenvalue weighted by molar-refractivity contribution is 7.23. The maximum atomic E-state index is 5.36. The van der Waals surface area contributed by atoms with Crippen molar-refractivity contribution in [3.05, 3.63) is 48.0 Å². The van der Waals surface area contributed by atoms with Crippen LogP contribution in [0.4, 0.5) is 10.3 Å². The molecule has 4 aromatic rings. The molecule has 2 heterocycles. The number of nitrogens with zero attached hydrogens (tertiary/aromatic N) is 3. The summed E-state index contributed by atoms with van der Waals surface area (Å²) in [7, 11) is 1.65. The molecule has 0 spiro atoms. The van der Waals surface area contributed by atoms with E-state index in [0.717, 1.165) is 36.8 Å². The Labute approximate surface area is 147 Å². The van der Waals surface area contributed by atoms with E-state index in [9.17, 15) is 0 Å². The van der Waals surface area contributed by atoms with Crippen LogP contribution < -0.4 is 10.1 Å². The first-order valence-corrected chi connectivity index (χ1v) is 8.98. The fourth-order valence-electron chi connectivity index (χ4n) is 2.43. The Kier molecular flexibility index (Phi) is 3.87. The van der Waals surface area contributed by atoms with E-state index in [2.05, 4.69) is 39.6 Å². The summed E-state index contributed by atoms with van der Waals surface area (Å²) >= 11 is 3.08. The van der Waals surface area contributed by atoms with E-state index < -0.39 is 0 Å². The SMILES string of the molecule is COc1cccc2sc(Nc3nnc(-c4ccccc4C)s3)nc12. The first-order valence-electron chi connectivity index (χ1n) is 7.34. The standard InChI is InChI=1S/C17H14N4OS2/c1-10-6-3-4-7-11(10)15-20-21-17(24-15)19-16-18-14-12(22-2)8-5-9-13(14)23-16/h3-9H,1-2H3,(H,18,19,21). The Morgan fingerprint density at radius 1 is 0.958 bits per heavy atom. The molecule has 0 radical (unpaired) electrons. The number of hydrogen-bond donors (Lipinski definition) is 1. The molecule has 5 nitrogen and oxygen atoms in total.